The molecule has 0 amide bonds. The Balaban J connectivity index is 1.00. The van der Waals surface area contributed by atoms with Crippen LogP contribution in [0.2, 0.25) is 0 Å². The van der Waals surface area contributed by atoms with Crippen molar-refractivity contribution < 1.29 is 10.2 Å². The lowest BCUT2D eigenvalue weighted by molar-refractivity contribution is -0.114. The Bertz CT molecular complexity index is 1060. The summed E-state index contributed by atoms with van der Waals surface area (Å²) < 4.78 is 0. The Kier molecular flexibility index (Phi) is 6.75. The molecular formula is C38H60N2O2. The minimum absolute atomic E-state index is 0.0516. The van der Waals surface area contributed by atoms with E-state index in [0.29, 0.717) is 10.8 Å². The van der Waals surface area contributed by atoms with Crippen LogP contribution in [0.3, 0.4) is 0 Å². The molecule has 0 aliphatic heterocycles. The van der Waals surface area contributed by atoms with Gasteiger partial charge in [-0.2, -0.15) is 10.2 Å². The van der Waals surface area contributed by atoms with E-state index in [0.717, 1.165) is 85.9 Å². The van der Waals surface area contributed by atoms with Gasteiger partial charge in [-0.3, -0.25) is 0 Å². The standard InChI is InChI=1S/C38H60N2O2/c1-35-17-13-25(41)21-23(35)5-7-27-29-9-11-33(37(29,3)19-15-31(27)35)39-40-34-12-10-30-28-8-6-24-22-26(42)14-18-36(24,2)32(28)16-20-38(30,34)4/h23-32,41-42H,5-22H2,1-4H3/b39-33-,40-34+/t23-,24-,25+,26+,27+,28+,29+,30+,31+,32+,35+,36+,37+,38+/m1/s1. The molecule has 0 saturated heterocycles. The summed E-state index contributed by atoms with van der Waals surface area (Å²) in [5.74, 6) is 6.44. The van der Waals surface area contributed by atoms with E-state index in [1.54, 1.807) is 0 Å². The van der Waals surface area contributed by atoms with Crippen LogP contribution in [0.4, 0.5) is 0 Å². The lowest BCUT2D eigenvalue weighted by Crippen LogP contribution is -2.54. The summed E-state index contributed by atoms with van der Waals surface area (Å²) in [6.07, 6.45) is 22.2. The maximum Gasteiger partial charge on any atom is 0.0543 e. The molecule has 8 saturated carbocycles. The molecule has 0 aromatic heterocycles. The lowest BCUT2D eigenvalue weighted by atomic mass is 9.45. The van der Waals surface area contributed by atoms with Crippen LogP contribution in [0.15, 0.2) is 10.2 Å². The van der Waals surface area contributed by atoms with E-state index < -0.39 is 0 Å². The molecular weight excluding hydrogens is 516 g/mol. The van der Waals surface area contributed by atoms with Crippen molar-refractivity contribution >= 4 is 11.4 Å². The smallest absolute Gasteiger partial charge is 0.0543 e. The average molecular weight is 577 g/mol. The van der Waals surface area contributed by atoms with Crippen molar-refractivity contribution in [3.63, 3.8) is 0 Å². The molecule has 42 heavy (non-hydrogen) atoms. The van der Waals surface area contributed by atoms with Gasteiger partial charge in [-0.25, -0.2) is 0 Å². The number of aliphatic hydroxyl groups excluding tert-OH is 2. The quantitative estimate of drug-likeness (QED) is 0.307. The molecule has 234 valence electrons. The highest BCUT2D eigenvalue weighted by molar-refractivity contribution is 5.95. The molecule has 0 radical (unpaired) electrons. The molecule has 4 heteroatoms. The fourth-order valence-corrected chi connectivity index (χ4v) is 14.5. The zero-order chi connectivity index (χ0) is 29.1. The van der Waals surface area contributed by atoms with Crippen LogP contribution >= 0.6 is 0 Å². The average Bonchev–Trinajstić information content (AvgIpc) is 3.48. The molecule has 8 aliphatic rings. The maximum absolute atomic E-state index is 10.4. The van der Waals surface area contributed by atoms with Gasteiger partial charge in [0.05, 0.1) is 12.2 Å². The Morgan fingerprint density at radius 2 is 0.929 bits per heavy atom. The van der Waals surface area contributed by atoms with Gasteiger partial charge >= 0.3 is 0 Å². The molecule has 0 unspecified atom stereocenters. The third kappa shape index (κ3) is 3.97. The van der Waals surface area contributed by atoms with Crippen molar-refractivity contribution in [1.82, 2.24) is 0 Å². The van der Waals surface area contributed by atoms with Gasteiger partial charge in [0.2, 0.25) is 0 Å². The van der Waals surface area contributed by atoms with E-state index in [4.69, 9.17) is 10.2 Å². The van der Waals surface area contributed by atoms with Crippen molar-refractivity contribution in [1.29, 1.82) is 0 Å². The van der Waals surface area contributed by atoms with Crippen molar-refractivity contribution in [3.05, 3.63) is 0 Å². The fourth-order valence-electron chi connectivity index (χ4n) is 14.5. The van der Waals surface area contributed by atoms with Crippen molar-refractivity contribution in [2.24, 2.45) is 79.2 Å². The van der Waals surface area contributed by atoms with Gasteiger partial charge in [0.1, 0.15) is 0 Å². The highest BCUT2D eigenvalue weighted by Gasteiger charge is 2.61. The second-order valence-electron chi connectivity index (χ2n) is 18.3. The zero-order valence-corrected chi connectivity index (χ0v) is 27.3. The number of hydrogen-bond acceptors (Lipinski definition) is 4. The third-order valence-electron chi connectivity index (χ3n) is 17.0. The van der Waals surface area contributed by atoms with Crippen molar-refractivity contribution in [2.45, 2.75) is 155 Å². The number of nitrogens with zero attached hydrogens (tertiary/aromatic N) is 2. The molecule has 0 aromatic rings. The molecule has 8 rings (SSSR count). The first kappa shape index (κ1) is 28.7. The normalized spacial score (nSPS) is 58.9. The predicted molar refractivity (Wildman–Crippen MR) is 170 cm³/mol. The first-order valence-corrected chi connectivity index (χ1v) is 18.6. The van der Waals surface area contributed by atoms with Gasteiger partial charge in [-0.1, -0.05) is 27.7 Å². The van der Waals surface area contributed by atoms with Crippen LogP contribution in [-0.4, -0.2) is 33.8 Å². The molecule has 0 heterocycles. The van der Waals surface area contributed by atoms with Gasteiger partial charge < -0.3 is 10.2 Å². The fraction of sp³-hybridized carbons (Fsp3) is 0.947. The summed E-state index contributed by atoms with van der Waals surface area (Å²) >= 11 is 0. The van der Waals surface area contributed by atoms with Crippen LogP contribution < -0.4 is 0 Å². The van der Waals surface area contributed by atoms with E-state index in [1.165, 1.54) is 88.5 Å². The van der Waals surface area contributed by atoms with Crippen LogP contribution in [-0.2, 0) is 0 Å². The summed E-state index contributed by atoms with van der Waals surface area (Å²) in [4.78, 5) is 0. The van der Waals surface area contributed by atoms with E-state index in [-0.39, 0.29) is 23.0 Å². The van der Waals surface area contributed by atoms with Gasteiger partial charge in [-0.05, 0) is 174 Å². The van der Waals surface area contributed by atoms with Crippen LogP contribution in [0.5, 0.6) is 0 Å². The predicted octanol–water partition coefficient (Wildman–Crippen LogP) is 8.59. The lowest BCUT2D eigenvalue weighted by Gasteiger charge is -2.60. The third-order valence-corrected chi connectivity index (χ3v) is 17.0. The van der Waals surface area contributed by atoms with Crippen molar-refractivity contribution in [2.75, 3.05) is 0 Å². The minimum Gasteiger partial charge on any atom is -0.393 e. The van der Waals surface area contributed by atoms with E-state index >= 15 is 0 Å². The Morgan fingerprint density at radius 3 is 1.36 bits per heavy atom. The second-order valence-corrected chi connectivity index (χ2v) is 18.3. The topological polar surface area (TPSA) is 65.2 Å². The Hall–Kier alpha value is -0.740. The van der Waals surface area contributed by atoms with Crippen LogP contribution in [0, 0.1) is 69.0 Å². The summed E-state index contributed by atoms with van der Waals surface area (Å²) in [5, 5.41) is 31.4. The summed E-state index contributed by atoms with van der Waals surface area (Å²) in [5.41, 5.74) is 4.28. The van der Waals surface area contributed by atoms with Crippen LogP contribution in [0.25, 0.3) is 0 Å². The number of hydrogen-bond donors (Lipinski definition) is 2. The monoisotopic (exact) mass is 576 g/mol. The molecule has 0 bridgehead atoms. The molecule has 8 aliphatic carbocycles. The van der Waals surface area contributed by atoms with E-state index in [2.05, 4.69) is 27.7 Å². The Labute approximate surface area is 256 Å². The van der Waals surface area contributed by atoms with Crippen molar-refractivity contribution in [3.8, 4) is 0 Å². The highest BCUT2D eigenvalue weighted by atomic mass is 16.3. The SMILES string of the molecule is C[C@]12CC[C@H](O)C[C@H]1CC[C@@H]1[C@@H]2CC[C@]2(C)/C(=N\N=C3/CC[C@H]4[C@@H]5CC[C@@H]6C[C@@H](O)CC[C@]6(C)[C@H]5CC[C@]34C)CC[C@@H]12. The molecule has 2 N–H and O–H groups in total. The largest absolute Gasteiger partial charge is 0.393 e. The highest BCUT2D eigenvalue weighted by Crippen LogP contribution is 2.67. The zero-order valence-electron chi connectivity index (χ0n) is 27.3. The maximum atomic E-state index is 10.4. The number of rotatable bonds is 1. The van der Waals surface area contributed by atoms with Crippen LogP contribution in [0.1, 0.15) is 143 Å². The molecule has 4 nitrogen and oxygen atoms in total. The Morgan fingerprint density at radius 1 is 0.500 bits per heavy atom. The molecule has 0 spiro atoms. The molecule has 14 atom stereocenters. The second kappa shape index (κ2) is 9.88. The summed E-state index contributed by atoms with van der Waals surface area (Å²) in [6, 6.07) is 0. The first-order valence-electron chi connectivity index (χ1n) is 18.6. The first-order chi connectivity index (χ1) is 20.1. The molecule has 0 aromatic carbocycles. The summed E-state index contributed by atoms with van der Waals surface area (Å²) in [6.45, 7) is 10.4. The molecule has 8 fully saturated rings. The van der Waals surface area contributed by atoms with Gasteiger partial charge in [0.15, 0.2) is 0 Å². The van der Waals surface area contributed by atoms with Gasteiger partial charge in [-0.15, -0.1) is 0 Å². The van der Waals surface area contributed by atoms with E-state index in [1.807, 2.05) is 0 Å². The van der Waals surface area contributed by atoms with Gasteiger partial charge in [0, 0.05) is 22.3 Å². The minimum atomic E-state index is -0.0516. The summed E-state index contributed by atoms with van der Waals surface area (Å²) in [7, 11) is 0. The van der Waals surface area contributed by atoms with Gasteiger partial charge in [0.25, 0.3) is 0 Å². The van der Waals surface area contributed by atoms with E-state index in [9.17, 15) is 10.2 Å². The number of fused-ring (bicyclic) bond motifs is 10. The number of aliphatic hydroxyl groups is 2.